The number of hydrogen-bond donors (Lipinski definition) is 2. The molecule has 0 saturated heterocycles. The highest BCUT2D eigenvalue weighted by molar-refractivity contribution is 7.89. The van der Waals surface area contributed by atoms with Crippen LogP contribution in [0.25, 0.3) is 0 Å². The number of amides is 1. The lowest BCUT2D eigenvalue weighted by Gasteiger charge is -2.19. The van der Waals surface area contributed by atoms with E-state index in [1.54, 1.807) is 12.1 Å². The van der Waals surface area contributed by atoms with Gasteiger partial charge in [-0.05, 0) is 35.2 Å². The Bertz CT molecular complexity index is 905. The zero-order chi connectivity index (χ0) is 19.5. The van der Waals surface area contributed by atoms with Gasteiger partial charge in [-0.3, -0.25) is 4.79 Å². The van der Waals surface area contributed by atoms with Gasteiger partial charge >= 0.3 is 0 Å². The van der Waals surface area contributed by atoms with Crippen LogP contribution in [0, 0.1) is 11.6 Å². The molecule has 0 aliphatic rings. The molecule has 0 saturated carbocycles. The van der Waals surface area contributed by atoms with E-state index < -0.39 is 34.1 Å². The summed E-state index contributed by atoms with van der Waals surface area (Å²) in [5.74, 6) is -2.50. The lowest BCUT2D eigenvalue weighted by molar-refractivity contribution is -0.115. The van der Waals surface area contributed by atoms with Gasteiger partial charge in [-0.1, -0.05) is 32.9 Å². The number of carbonyl (C=O) groups excluding carboxylic acids is 1. The molecule has 26 heavy (non-hydrogen) atoms. The third-order valence-electron chi connectivity index (χ3n) is 3.66. The van der Waals surface area contributed by atoms with Crippen molar-refractivity contribution in [1.29, 1.82) is 0 Å². The fourth-order valence-corrected chi connectivity index (χ4v) is 3.15. The maximum Gasteiger partial charge on any atom is 0.241 e. The molecule has 2 N–H and O–H groups in total. The number of benzene rings is 2. The summed E-state index contributed by atoms with van der Waals surface area (Å²) in [7, 11) is -3.89. The minimum atomic E-state index is -3.89. The van der Waals surface area contributed by atoms with Crippen molar-refractivity contribution in [2.75, 3.05) is 11.9 Å². The Labute approximate surface area is 151 Å². The Morgan fingerprint density at radius 1 is 1.04 bits per heavy atom. The number of rotatable bonds is 5. The zero-order valence-electron chi connectivity index (χ0n) is 14.6. The number of nitrogens with one attached hydrogen (secondary N) is 2. The van der Waals surface area contributed by atoms with Crippen molar-refractivity contribution in [3.8, 4) is 0 Å². The summed E-state index contributed by atoms with van der Waals surface area (Å²) >= 11 is 0. The van der Waals surface area contributed by atoms with E-state index in [-0.39, 0.29) is 16.0 Å². The van der Waals surface area contributed by atoms with Gasteiger partial charge in [0.15, 0.2) is 0 Å². The number of carbonyl (C=O) groups is 1. The molecule has 0 aliphatic heterocycles. The Morgan fingerprint density at radius 2 is 1.65 bits per heavy atom. The first-order chi connectivity index (χ1) is 12.0. The Balaban J connectivity index is 2.02. The third-order valence-corrected chi connectivity index (χ3v) is 5.08. The van der Waals surface area contributed by atoms with Crippen molar-refractivity contribution in [3.63, 3.8) is 0 Å². The van der Waals surface area contributed by atoms with Gasteiger partial charge in [0.25, 0.3) is 0 Å². The normalized spacial score (nSPS) is 12.0. The average molecular weight is 382 g/mol. The van der Waals surface area contributed by atoms with E-state index in [9.17, 15) is 22.0 Å². The van der Waals surface area contributed by atoms with Gasteiger partial charge in [-0.2, -0.15) is 0 Å². The van der Waals surface area contributed by atoms with Gasteiger partial charge in [0.05, 0.1) is 17.1 Å². The first-order valence-corrected chi connectivity index (χ1v) is 9.32. The van der Waals surface area contributed by atoms with E-state index in [0.29, 0.717) is 6.07 Å². The molecule has 0 radical (unpaired) electrons. The highest BCUT2D eigenvalue weighted by Gasteiger charge is 2.18. The molecule has 2 aromatic rings. The van der Waals surface area contributed by atoms with Crippen molar-refractivity contribution in [1.82, 2.24) is 4.72 Å². The summed E-state index contributed by atoms with van der Waals surface area (Å²) < 4.78 is 53.0. The monoisotopic (exact) mass is 382 g/mol. The summed E-state index contributed by atoms with van der Waals surface area (Å²) in [5.41, 5.74) is 0.626. The van der Waals surface area contributed by atoms with Gasteiger partial charge in [0, 0.05) is 6.07 Å². The standard InChI is InChI=1S/C18H20F2N2O3S/c1-18(2,3)12-4-7-14(8-5-12)26(24,25)21-11-17(23)22-16-9-6-13(19)10-15(16)20/h4-10,21H,11H2,1-3H3,(H,22,23). The fraction of sp³-hybridized carbons (Fsp3) is 0.278. The van der Waals surface area contributed by atoms with E-state index in [1.165, 1.54) is 12.1 Å². The largest absolute Gasteiger partial charge is 0.322 e. The highest BCUT2D eigenvalue weighted by Crippen LogP contribution is 2.23. The number of halogens is 2. The van der Waals surface area contributed by atoms with Crippen molar-refractivity contribution in [2.45, 2.75) is 31.1 Å². The molecular weight excluding hydrogens is 362 g/mol. The minimum absolute atomic E-state index is 0.0197. The van der Waals surface area contributed by atoms with Crippen LogP contribution in [0.4, 0.5) is 14.5 Å². The maximum absolute atomic E-state index is 13.5. The first kappa shape index (κ1) is 20.0. The SMILES string of the molecule is CC(C)(C)c1ccc(S(=O)(=O)NCC(=O)Nc2ccc(F)cc2F)cc1. The number of hydrogen-bond acceptors (Lipinski definition) is 3. The summed E-state index contributed by atoms with van der Waals surface area (Å²) in [6, 6.07) is 9.00. The predicted octanol–water partition coefficient (Wildman–Crippen LogP) is 3.18. The summed E-state index contributed by atoms with van der Waals surface area (Å²) in [5, 5.41) is 2.18. The van der Waals surface area contributed by atoms with Crippen LogP contribution < -0.4 is 10.0 Å². The van der Waals surface area contributed by atoms with Crippen molar-refractivity contribution < 1.29 is 22.0 Å². The van der Waals surface area contributed by atoms with Gasteiger partial charge in [-0.15, -0.1) is 0 Å². The topological polar surface area (TPSA) is 75.3 Å². The molecular formula is C18H20F2N2O3S. The Kier molecular flexibility index (Phi) is 5.77. The van der Waals surface area contributed by atoms with Gasteiger partial charge < -0.3 is 5.32 Å². The summed E-state index contributed by atoms with van der Waals surface area (Å²) in [4.78, 5) is 11.8. The summed E-state index contributed by atoms with van der Waals surface area (Å²) in [6.45, 7) is 5.44. The second kappa shape index (κ2) is 7.51. The molecule has 0 heterocycles. The molecule has 2 rings (SSSR count). The zero-order valence-corrected chi connectivity index (χ0v) is 15.5. The maximum atomic E-state index is 13.5. The number of sulfonamides is 1. The molecule has 0 aliphatic carbocycles. The molecule has 0 bridgehead atoms. The lowest BCUT2D eigenvalue weighted by Crippen LogP contribution is -2.33. The van der Waals surface area contributed by atoms with E-state index in [4.69, 9.17) is 0 Å². The highest BCUT2D eigenvalue weighted by atomic mass is 32.2. The molecule has 0 fully saturated rings. The lowest BCUT2D eigenvalue weighted by atomic mass is 9.87. The second-order valence-corrected chi connectivity index (χ2v) is 8.54. The minimum Gasteiger partial charge on any atom is -0.322 e. The van der Waals surface area contributed by atoms with E-state index in [1.807, 2.05) is 20.8 Å². The first-order valence-electron chi connectivity index (χ1n) is 7.84. The Hall–Kier alpha value is -2.32. The molecule has 0 aromatic heterocycles. The van der Waals surface area contributed by atoms with Crippen LogP contribution in [0.15, 0.2) is 47.4 Å². The van der Waals surface area contributed by atoms with Crippen LogP contribution >= 0.6 is 0 Å². The molecule has 2 aromatic carbocycles. The van der Waals surface area contributed by atoms with E-state index in [0.717, 1.165) is 17.7 Å². The molecule has 0 spiro atoms. The smallest absolute Gasteiger partial charge is 0.241 e. The predicted molar refractivity (Wildman–Crippen MR) is 95.3 cm³/mol. The van der Waals surface area contributed by atoms with Crippen LogP contribution in [0.5, 0.6) is 0 Å². The molecule has 1 amide bonds. The van der Waals surface area contributed by atoms with Gasteiger partial charge in [0.1, 0.15) is 11.6 Å². The van der Waals surface area contributed by atoms with Crippen LogP contribution in [0.1, 0.15) is 26.3 Å². The molecule has 140 valence electrons. The molecule has 0 atom stereocenters. The van der Waals surface area contributed by atoms with Crippen molar-refractivity contribution in [3.05, 3.63) is 59.7 Å². The average Bonchev–Trinajstić information content (AvgIpc) is 2.55. The third kappa shape index (κ3) is 5.09. The second-order valence-electron chi connectivity index (χ2n) is 6.77. The van der Waals surface area contributed by atoms with E-state index in [2.05, 4.69) is 10.0 Å². The number of anilines is 1. The van der Waals surface area contributed by atoms with Crippen LogP contribution in [-0.2, 0) is 20.2 Å². The molecule has 5 nitrogen and oxygen atoms in total. The molecule has 8 heteroatoms. The van der Waals surface area contributed by atoms with Gasteiger partial charge in [-0.25, -0.2) is 21.9 Å². The summed E-state index contributed by atoms with van der Waals surface area (Å²) in [6.07, 6.45) is 0. The van der Waals surface area contributed by atoms with Crippen LogP contribution in [-0.4, -0.2) is 20.9 Å². The Morgan fingerprint density at radius 3 is 2.19 bits per heavy atom. The quantitative estimate of drug-likeness (QED) is 0.834. The van der Waals surface area contributed by atoms with Gasteiger partial charge in [0.2, 0.25) is 15.9 Å². The van der Waals surface area contributed by atoms with E-state index >= 15 is 0 Å². The molecule has 0 unspecified atom stereocenters. The van der Waals surface area contributed by atoms with Crippen LogP contribution in [0.2, 0.25) is 0 Å². The van der Waals surface area contributed by atoms with Crippen LogP contribution in [0.3, 0.4) is 0 Å². The van der Waals surface area contributed by atoms with Crippen molar-refractivity contribution in [2.24, 2.45) is 0 Å². The fourth-order valence-electron chi connectivity index (χ4n) is 2.16. The van der Waals surface area contributed by atoms with Crippen molar-refractivity contribution >= 4 is 21.6 Å².